The summed E-state index contributed by atoms with van der Waals surface area (Å²) in [7, 11) is 0. The largest absolute Gasteiger partial charge is 0.445 e. The number of carbonyl (C=O) groups is 1. The van der Waals surface area contributed by atoms with Gasteiger partial charge in [-0.25, -0.2) is 0 Å². The standard InChI is InChI=1S/C23H16F3N5OS/c1-13-10-16(14(2)31(13)19-9-5-7-15-6-3-4-8-18(15)19)11-17(12-27)20(32)28-22-30-29-21(33-22)23(24,25)26/h3-11H,1-2H3,(H,28,30,32)/b17-11-. The number of nitrogens with one attached hydrogen (secondary N) is 1. The number of carbonyl (C=O) groups excluding carboxylic acids is 1. The number of alkyl halides is 3. The van der Waals surface area contributed by atoms with E-state index >= 15 is 0 Å². The number of hydrogen-bond donors (Lipinski definition) is 1. The van der Waals surface area contributed by atoms with Gasteiger partial charge in [-0.2, -0.15) is 18.4 Å². The van der Waals surface area contributed by atoms with Crippen LogP contribution < -0.4 is 5.32 Å². The van der Waals surface area contributed by atoms with Crippen LogP contribution in [0.2, 0.25) is 0 Å². The fraction of sp³-hybridized carbons (Fsp3) is 0.130. The van der Waals surface area contributed by atoms with Crippen molar-refractivity contribution in [2.45, 2.75) is 20.0 Å². The Morgan fingerprint density at radius 3 is 2.58 bits per heavy atom. The normalized spacial score (nSPS) is 12.1. The maximum Gasteiger partial charge on any atom is 0.445 e. The molecule has 1 N–H and O–H groups in total. The average molecular weight is 467 g/mol. The zero-order chi connectivity index (χ0) is 23.8. The van der Waals surface area contributed by atoms with Crippen molar-refractivity contribution in [3.8, 4) is 11.8 Å². The summed E-state index contributed by atoms with van der Waals surface area (Å²) in [5.74, 6) is -0.864. The van der Waals surface area contributed by atoms with Gasteiger partial charge in [-0.15, -0.1) is 10.2 Å². The number of rotatable bonds is 4. The molecule has 10 heteroatoms. The van der Waals surface area contributed by atoms with E-state index in [0.717, 1.165) is 27.8 Å². The number of fused-ring (bicyclic) bond motifs is 1. The molecular formula is C23H16F3N5OS. The molecule has 2 aromatic carbocycles. The number of anilines is 1. The van der Waals surface area contributed by atoms with E-state index in [4.69, 9.17) is 0 Å². The number of aryl methyl sites for hydroxylation is 1. The highest BCUT2D eigenvalue weighted by Gasteiger charge is 2.36. The molecule has 166 valence electrons. The van der Waals surface area contributed by atoms with Crippen LogP contribution in [0, 0.1) is 25.2 Å². The molecule has 0 unspecified atom stereocenters. The van der Waals surface area contributed by atoms with Crippen LogP contribution in [0.3, 0.4) is 0 Å². The van der Waals surface area contributed by atoms with Crippen LogP contribution in [-0.4, -0.2) is 20.7 Å². The number of benzene rings is 2. The first-order valence-electron chi connectivity index (χ1n) is 9.70. The van der Waals surface area contributed by atoms with Gasteiger partial charge in [-0.05, 0) is 43.0 Å². The summed E-state index contributed by atoms with van der Waals surface area (Å²) in [6.07, 6.45) is -3.25. The fourth-order valence-corrected chi connectivity index (χ4v) is 4.17. The van der Waals surface area contributed by atoms with Crippen LogP contribution in [0.15, 0.2) is 54.1 Å². The van der Waals surface area contributed by atoms with E-state index in [1.807, 2.05) is 66.9 Å². The predicted molar refractivity (Wildman–Crippen MR) is 120 cm³/mol. The Balaban J connectivity index is 1.68. The van der Waals surface area contributed by atoms with Crippen LogP contribution in [-0.2, 0) is 11.0 Å². The summed E-state index contributed by atoms with van der Waals surface area (Å²) in [4.78, 5) is 12.5. The van der Waals surface area contributed by atoms with Gasteiger partial charge in [0.1, 0.15) is 11.6 Å². The molecule has 0 fully saturated rings. The third-order valence-corrected chi connectivity index (χ3v) is 5.91. The lowest BCUT2D eigenvalue weighted by molar-refractivity contribution is -0.138. The molecule has 0 aliphatic heterocycles. The van der Waals surface area contributed by atoms with Crippen LogP contribution in [0.5, 0.6) is 0 Å². The summed E-state index contributed by atoms with van der Waals surface area (Å²) < 4.78 is 40.1. The molecule has 0 aliphatic rings. The number of amides is 1. The summed E-state index contributed by atoms with van der Waals surface area (Å²) >= 11 is 0.191. The molecular weight excluding hydrogens is 451 g/mol. The van der Waals surface area contributed by atoms with Crippen molar-refractivity contribution in [2.24, 2.45) is 0 Å². The quantitative estimate of drug-likeness (QED) is 0.310. The number of nitriles is 1. The van der Waals surface area contributed by atoms with Crippen molar-refractivity contribution in [2.75, 3.05) is 5.32 Å². The van der Waals surface area contributed by atoms with E-state index in [1.54, 1.807) is 6.07 Å². The molecule has 6 nitrogen and oxygen atoms in total. The smallest absolute Gasteiger partial charge is 0.317 e. The van der Waals surface area contributed by atoms with Crippen molar-refractivity contribution < 1.29 is 18.0 Å². The van der Waals surface area contributed by atoms with Crippen molar-refractivity contribution >= 4 is 39.2 Å². The van der Waals surface area contributed by atoms with Gasteiger partial charge in [0.15, 0.2) is 0 Å². The minimum Gasteiger partial charge on any atom is -0.317 e. The molecule has 0 atom stereocenters. The maximum atomic E-state index is 12.7. The first-order valence-corrected chi connectivity index (χ1v) is 10.5. The van der Waals surface area contributed by atoms with Gasteiger partial charge >= 0.3 is 6.18 Å². The predicted octanol–water partition coefficient (Wildman–Crippen LogP) is 5.66. The highest BCUT2D eigenvalue weighted by molar-refractivity contribution is 7.15. The van der Waals surface area contributed by atoms with Gasteiger partial charge in [-0.1, -0.05) is 47.7 Å². The third kappa shape index (κ3) is 4.36. The van der Waals surface area contributed by atoms with Crippen molar-refractivity contribution in [3.05, 3.63) is 76.1 Å². The maximum absolute atomic E-state index is 12.7. The van der Waals surface area contributed by atoms with Gasteiger partial charge in [-0.3, -0.25) is 10.1 Å². The molecule has 2 heterocycles. The van der Waals surface area contributed by atoms with Gasteiger partial charge < -0.3 is 4.57 Å². The second kappa shape index (κ2) is 8.52. The lowest BCUT2D eigenvalue weighted by Crippen LogP contribution is -2.13. The monoisotopic (exact) mass is 467 g/mol. The molecule has 1 amide bonds. The van der Waals surface area contributed by atoms with E-state index < -0.39 is 17.1 Å². The first kappa shape index (κ1) is 22.2. The molecule has 0 radical (unpaired) electrons. The average Bonchev–Trinajstić information content (AvgIpc) is 3.35. The van der Waals surface area contributed by atoms with Gasteiger partial charge in [0.05, 0.1) is 5.69 Å². The van der Waals surface area contributed by atoms with Gasteiger partial charge in [0, 0.05) is 16.8 Å². The van der Waals surface area contributed by atoms with Crippen molar-refractivity contribution in [3.63, 3.8) is 0 Å². The van der Waals surface area contributed by atoms with E-state index in [9.17, 15) is 23.2 Å². The molecule has 0 bridgehead atoms. The van der Waals surface area contributed by atoms with E-state index in [1.165, 1.54) is 6.08 Å². The van der Waals surface area contributed by atoms with E-state index in [2.05, 4.69) is 15.5 Å². The fourth-order valence-electron chi connectivity index (χ4n) is 3.56. The van der Waals surface area contributed by atoms with E-state index in [-0.39, 0.29) is 22.0 Å². The Hall–Kier alpha value is -3.97. The Labute approximate surface area is 190 Å². The second-order valence-corrected chi connectivity index (χ2v) is 8.17. The van der Waals surface area contributed by atoms with Crippen molar-refractivity contribution in [1.29, 1.82) is 5.26 Å². The number of nitrogens with zero attached hydrogens (tertiary/aromatic N) is 4. The Kier molecular flexibility index (Phi) is 5.74. The summed E-state index contributed by atoms with van der Waals surface area (Å²) in [5, 5.41) is 18.7. The molecule has 4 aromatic rings. The highest BCUT2D eigenvalue weighted by atomic mass is 32.1. The summed E-state index contributed by atoms with van der Waals surface area (Å²) in [6.45, 7) is 3.78. The Morgan fingerprint density at radius 2 is 1.88 bits per heavy atom. The Morgan fingerprint density at radius 1 is 1.15 bits per heavy atom. The molecule has 0 saturated carbocycles. The van der Waals surface area contributed by atoms with Crippen molar-refractivity contribution in [1.82, 2.24) is 14.8 Å². The molecule has 0 aliphatic carbocycles. The zero-order valence-electron chi connectivity index (χ0n) is 17.4. The number of hydrogen-bond acceptors (Lipinski definition) is 5. The second-order valence-electron chi connectivity index (χ2n) is 7.19. The van der Waals surface area contributed by atoms with Crippen LogP contribution in [0.4, 0.5) is 18.3 Å². The highest BCUT2D eigenvalue weighted by Crippen LogP contribution is 2.33. The Bertz CT molecular complexity index is 1440. The topological polar surface area (TPSA) is 83.6 Å². The summed E-state index contributed by atoms with van der Waals surface area (Å²) in [6, 6.07) is 17.6. The van der Waals surface area contributed by atoms with Gasteiger partial charge in [0.25, 0.3) is 5.91 Å². The third-order valence-electron chi connectivity index (χ3n) is 5.03. The lowest BCUT2D eigenvalue weighted by Gasteiger charge is -2.13. The minimum absolute atomic E-state index is 0.191. The zero-order valence-corrected chi connectivity index (χ0v) is 18.3. The molecule has 33 heavy (non-hydrogen) atoms. The minimum atomic E-state index is -4.66. The van der Waals surface area contributed by atoms with E-state index in [0.29, 0.717) is 5.56 Å². The molecule has 4 rings (SSSR count). The van der Waals surface area contributed by atoms with Crippen LogP contribution in [0.1, 0.15) is 22.0 Å². The molecule has 0 spiro atoms. The first-order chi connectivity index (χ1) is 15.7. The molecule has 2 aromatic heterocycles. The SMILES string of the molecule is Cc1cc(/C=C(/C#N)C(=O)Nc2nnc(C(F)(F)F)s2)c(C)n1-c1cccc2ccccc12. The lowest BCUT2D eigenvalue weighted by atomic mass is 10.1. The van der Waals surface area contributed by atoms with Crippen LogP contribution in [0.25, 0.3) is 22.5 Å². The summed E-state index contributed by atoms with van der Waals surface area (Å²) in [5.41, 5.74) is 3.03. The number of aromatic nitrogens is 3. The van der Waals surface area contributed by atoms with Crippen LogP contribution >= 0.6 is 11.3 Å². The molecule has 0 saturated heterocycles. The number of halogens is 3. The van der Waals surface area contributed by atoms with Gasteiger partial charge in [0.2, 0.25) is 10.1 Å².